The van der Waals surface area contributed by atoms with E-state index in [0.29, 0.717) is 17.1 Å². The van der Waals surface area contributed by atoms with Crippen molar-refractivity contribution in [1.82, 2.24) is 9.88 Å². The van der Waals surface area contributed by atoms with Crippen LogP contribution in [0.5, 0.6) is 0 Å². The quantitative estimate of drug-likeness (QED) is 0.923. The van der Waals surface area contributed by atoms with Crippen LogP contribution in [0.3, 0.4) is 0 Å². The van der Waals surface area contributed by atoms with Gasteiger partial charge >= 0.3 is 0 Å². The Labute approximate surface area is 129 Å². The largest absolute Gasteiger partial charge is 0.378 e. The summed E-state index contributed by atoms with van der Waals surface area (Å²) in [5.74, 6) is -0.327. The predicted molar refractivity (Wildman–Crippen MR) is 82.0 cm³/mol. The summed E-state index contributed by atoms with van der Waals surface area (Å²) in [6.45, 7) is 0.535. The van der Waals surface area contributed by atoms with Gasteiger partial charge in [-0.05, 0) is 41.8 Å². The maximum Gasteiger partial charge on any atom is 0.255 e. The average Bonchev–Trinajstić information content (AvgIpc) is 2.53. The van der Waals surface area contributed by atoms with Gasteiger partial charge in [-0.2, -0.15) is 0 Å². The van der Waals surface area contributed by atoms with Crippen LogP contribution in [0.15, 0.2) is 48.8 Å². The summed E-state index contributed by atoms with van der Waals surface area (Å²) in [4.78, 5) is 17.7. The second-order valence-corrected chi connectivity index (χ2v) is 5.26. The fraction of sp³-hybridized carbons (Fsp3) is 0.250. The first-order chi connectivity index (χ1) is 10.1. The summed E-state index contributed by atoms with van der Waals surface area (Å²) in [6.07, 6.45) is 3.00. The molecule has 2 aromatic rings. The normalized spacial score (nSPS) is 12.0. The Morgan fingerprint density at radius 2 is 1.86 bits per heavy atom. The zero-order chi connectivity index (χ0) is 15.2. The van der Waals surface area contributed by atoms with Gasteiger partial charge in [-0.25, -0.2) is 0 Å². The maximum atomic E-state index is 12.2. The summed E-state index contributed by atoms with van der Waals surface area (Å²) in [5, 5.41) is 10.7. The van der Waals surface area contributed by atoms with E-state index in [9.17, 15) is 9.90 Å². The van der Waals surface area contributed by atoms with Crippen LogP contribution in [-0.2, 0) is 11.2 Å². The minimum atomic E-state index is -1.16. The van der Waals surface area contributed by atoms with Crippen molar-refractivity contribution in [2.75, 3.05) is 13.6 Å². The predicted octanol–water partition coefficient (Wildman–Crippen LogP) is 2.47. The summed E-state index contributed by atoms with van der Waals surface area (Å²) >= 11 is 5.79. The molecule has 0 aliphatic rings. The number of hydrogen-bond donors (Lipinski definition) is 1. The molecule has 0 saturated carbocycles. The molecule has 0 saturated heterocycles. The van der Waals surface area contributed by atoms with E-state index in [-0.39, 0.29) is 5.91 Å². The van der Waals surface area contributed by atoms with Crippen molar-refractivity contribution < 1.29 is 9.90 Å². The van der Waals surface area contributed by atoms with Gasteiger partial charge < -0.3 is 10.0 Å². The molecule has 110 valence electrons. The zero-order valence-electron chi connectivity index (χ0n) is 11.7. The molecule has 21 heavy (non-hydrogen) atoms. The summed E-state index contributed by atoms with van der Waals surface area (Å²) in [5.41, 5.74) is 1.64. The number of rotatable bonds is 5. The molecule has 1 aromatic heterocycles. The van der Waals surface area contributed by atoms with Gasteiger partial charge in [0.25, 0.3) is 5.91 Å². The van der Waals surface area contributed by atoms with Crippen LogP contribution in [0, 0.1) is 0 Å². The number of halogens is 1. The molecule has 0 unspecified atom stereocenters. The third-order valence-corrected chi connectivity index (χ3v) is 3.53. The Hall–Kier alpha value is -1.91. The van der Waals surface area contributed by atoms with Crippen LogP contribution in [0.25, 0.3) is 0 Å². The molecule has 0 aliphatic carbocycles. The molecule has 1 N–H and O–H groups in total. The third kappa shape index (κ3) is 4.28. The van der Waals surface area contributed by atoms with Gasteiger partial charge in [0.2, 0.25) is 0 Å². The maximum absolute atomic E-state index is 12.2. The lowest BCUT2D eigenvalue weighted by Crippen LogP contribution is -2.33. The van der Waals surface area contributed by atoms with Crippen LogP contribution >= 0.6 is 11.6 Å². The first kappa shape index (κ1) is 15.5. The van der Waals surface area contributed by atoms with E-state index in [1.54, 1.807) is 43.7 Å². The minimum absolute atomic E-state index is 0.327. The Kier molecular flexibility index (Phi) is 5.31. The number of hydrogen-bond acceptors (Lipinski definition) is 3. The molecule has 1 aromatic carbocycles. The summed E-state index contributed by atoms with van der Waals surface area (Å²) in [6, 6.07) is 10.4. The Morgan fingerprint density at radius 1 is 1.24 bits per heavy atom. The second kappa shape index (κ2) is 7.20. The number of pyridine rings is 1. The molecule has 1 atom stereocenters. The number of nitrogens with zero attached hydrogens (tertiary/aromatic N) is 2. The minimum Gasteiger partial charge on any atom is -0.378 e. The molecule has 0 spiro atoms. The molecular weight excluding hydrogens is 288 g/mol. The van der Waals surface area contributed by atoms with Gasteiger partial charge in [0.15, 0.2) is 6.10 Å². The van der Waals surface area contributed by atoms with Gasteiger partial charge in [0.1, 0.15) is 0 Å². The van der Waals surface area contributed by atoms with E-state index in [0.717, 1.165) is 12.0 Å². The number of amides is 1. The summed E-state index contributed by atoms with van der Waals surface area (Å²) in [7, 11) is 1.68. The van der Waals surface area contributed by atoms with Crippen LogP contribution < -0.4 is 0 Å². The third-order valence-electron chi connectivity index (χ3n) is 3.28. The number of benzene rings is 1. The highest BCUT2D eigenvalue weighted by Gasteiger charge is 2.20. The van der Waals surface area contributed by atoms with E-state index in [1.807, 2.05) is 12.1 Å². The van der Waals surface area contributed by atoms with E-state index < -0.39 is 6.10 Å². The van der Waals surface area contributed by atoms with Crippen molar-refractivity contribution in [3.63, 3.8) is 0 Å². The number of likely N-dealkylation sites (N-methyl/N-ethyl adjacent to an activating group) is 1. The van der Waals surface area contributed by atoms with E-state index in [2.05, 4.69) is 4.98 Å². The summed E-state index contributed by atoms with van der Waals surface area (Å²) < 4.78 is 0. The molecule has 0 radical (unpaired) electrons. The lowest BCUT2D eigenvalue weighted by Gasteiger charge is -2.21. The van der Waals surface area contributed by atoms with Gasteiger partial charge in [-0.3, -0.25) is 9.78 Å². The molecule has 0 fully saturated rings. The monoisotopic (exact) mass is 304 g/mol. The highest BCUT2D eigenvalue weighted by Crippen LogP contribution is 2.18. The van der Waals surface area contributed by atoms with Crippen LogP contribution in [0.1, 0.15) is 17.2 Å². The van der Waals surface area contributed by atoms with Gasteiger partial charge in [-0.15, -0.1) is 0 Å². The number of aliphatic hydroxyl groups is 1. The fourth-order valence-electron chi connectivity index (χ4n) is 1.95. The van der Waals surface area contributed by atoms with Gasteiger partial charge in [0.05, 0.1) is 0 Å². The molecule has 2 rings (SSSR count). The van der Waals surface area contributed by atoms with Crippen molar-refractivity contribution in [2.24, 2.45) is 0 Å². The number of aromatic nitrogens is 1. The van der Waals surface area contributed by atoms with Crippen molar-refractivity contribution in [1.29, 1.82) is 0 Å². The molecule has 4 nitrogen and oxygen atoms in total. The molecular formula is C16H17ClN2O2. The topological polar surface area (TPSA) is 53.4 Å². The smallest absolute Gasteiger partial charge is 0.255 e. The molecule has 1 heterocycles. The van der Waals surface area contributed by atoms with Crippen molar-refractivity contribution in [3.8, 4) is 0 Å². The SMILES string of the molecule is CN(CCc1ccncc1)C(=O)[C@@H](O)c1ccc(Cl)cc1. The number of carbonyl (C=O) groups excluding carboxylic acids is 1. The molecule has 5 heteroatoms. The van der Waals surface area contributed by atoms with E-state index >= 15 is 0 Å². The zero-order valence-corrected chi connectivity index (χ0v) is 12.5. The lowest BCUT2D eigenvalue weighted by molar-refractivity contribution is -0.139. The van der Waals surface area contributed by atoms with Crippen LogP contribution in [0.2, 0.25) is 5.02 Å². The van der Waals surface area contributed by atoms with Crippen LogP contribution in [0.4, 0.5) is 0 Å². The van der Waals surface area contributed by atoms with Crippen molar-refractivity contribution in [2.45, 2.75) is 12.5 Å². The Morgan fingerprint density at radius 3 is 2.48 bits per heavy atom. The first-order valence-electron chi connectivity index (χ1n) is 6.65. The molecule has 0 aliphatic heterocycles. The molecule has 0 bridgehead atoms. The van der Waals surface area contributed by atoms with E-state index in [4.69, 9.17) is 11.6 Å². The number of carbonyl (C=O) groups is 1. The average molecular weight is 305 g/mol. The lowest BCUT2D eigenvalue weighted by atomic mass is 10.1. The van der Waals surface area contributed by atoms with Gasteiger partial charge in [0, 0.05) is 31.0 Å². The number of aliphatic hydroxyl groups excluding tert-OH is 1. The van der Waals surface area contributed by atoms with Crippen LogP contribution in [-0.4, -0.2) is 34.5 Å². The Bertz CT molecular complexity index is 587. The van der Waals surface area contributed by atoms with E-state index in [1.165, 1.54) is 4.90 Å². The van der Waals surface area contributed by atoms with Crippen molar-refractivity contribution in [3.05, 3.63) is 64.9 Å². The Balaban J connectivity index is 1.94. The first-order valence-corrected chi connectivity index (χ1v) is 7.03. The van der Waals surface area contributed by atoms with Crippen molar-refractivity contribution >= 4 is 17.5 Å². The second-order valence-electron chi connectivity index (χ2n) is 4.82. The fourth-order valence-corrected chi connectivity index (χ4v) is 2.08. The standard InChI is InChI=1S/C16H17ClN2O2/c1-19(11-8-12-6-9-18-10-7-12)16(21)15(20)13-2-4-14(17)5-3-13/h2-7,9-10,15,20H,8,11H2,1H3/t15-/m0/s1. The van der Waals surface area contributed by atoms with Gasteiger partial charge in [-0.1, -0.05) is 23.7 Å². The highest BCUT2D eigenvalue weighted by atomic mass is 35.5. The highest BCUT2D eigenvalue weighted by molar-refractivity contribution is 6.30. The molecule has 1 amide bonds.